The van der Waals surface area contributed by atoms with Gasteiger partial charge in [0.2, 0.25) is 29.5 Å². The molecule has 5 amide bonds. The highest BCUT2D eigenvalue weighted by Crippen LogP contribution is 2.06. The van der Waals surface area contributed by atoms with Gasteiger partial charge in [-0.15, -0.1) is 0 Å². The molecule has 212 valence electrons. The number of imidazole rings is 1. The molecule has 0 spiro atoms. The van der Waals surface area contributed by atoms with Gasteiger partial charge in [0, 0.05) is 31.2 Å². The predicted octanol–water partition coefficient (Wildman–Crippen LogP) is -3.52. The molecule has 13 N–H and O–H groups in total. The fraction of sp³-hybridized carbons (Fsp3) is 0.591. The Morgan fingerprint density at radius 3 is 1.82 bits per heavy atom. The monoisotopic (exact) mass is 539 g/mol. The van der Waals surface area contributed by atoms with E-state index in [0.29, 0.717) is 31.5 Å². The van der Waals surface area contributed by atoms with Crippen molar-refractivity contribution in [1.29, 1.82) is 0 Å². The van der Waals surface area contributed by atoms with Crippen LogP contribution in [0.5, 0.6) is 0 Å². The van der Waals surface area contributed by atoms with Crippen LogP contribution in [0.1, 0.15) is 50.6 Å². The van der Waals surface area contributed by atoms with Gasteiger partial charge < -0.3 is 49.0 Å². The average molecular weight is 540 g/mol. The van der Waals surface area contributed by atoms with E-state index in [4.69, 9.17) is 22.9 Å². The van der Waals surface area contributed by atoms with Gasteiger partial charge in [-0.1, -0.05) is 6.42 Å². The Hall–Kier alpha value is -4.05. The van der Waals surface area contributed by atoms with E-state index in [1.54, 1.807) is 0 Å². The van der Waals surface area contributed by atoms with Gasteiger partial charge in [-0.25, -0.2) is 9.78 Å². The Morgan fingerprint density at radius 1 is 0.842 bits per heavy atom. The second-order valence-corrected chi connectivity index (χ2v) is 8.70. The van der Waals surface area contributed by atoms with E-state index >= 15 is 0 Å². The molecular weight excluding hydrogens is 502 g/mol. The Balaban J connectivity index is 3.00. The van der Waals surface area contributed by atoms with Crippen molar-refractivity contribution in [3.8, 4) is 0 Å². The van der Waals surface area contributed by atoms with Gasteiger partial charge in [0.05, 0.1) is 12.4 Å². The molecule has 0 aliphatic heterocycles. The molecule has 0 saturated carbocycles. The number of aliphatic carboxylic acids is 1. The van der Waals surface area contributed by atoms with Crippen LogP contribution in [0.15, 0.2) is 12.5 Å². The molecule has 1 heterocycles. The second kappa shape index (κ2) is 16.6. The third-order valence-electron chi connectivity index (χ3n) is 5.52. The molecule has 1 rings (SSSR count). The minimum Gasteiger partial charge on any atom is -0.480 e. The highest BCUT2D eigenvalue weighted by Gasteiger charge is 2.31. The Kier molecular flexibility index (Phi) is 14.0. The first-order valence-electron chi connectivity index (χ1n) is 12.1. The van der Waals surface area contributed by atoms with Crippen LogP contribution in [-0.4, -0.2) is 81.3 Å². The zero-order valence-electron chi connectivity index (χ0n) is 21.0. The lowest BCUT2D eigenvalue weighted by atomic mass is 10.0. The molecule has 1 aromatic rings. The number of carboxylic acid groups (broad SMARTS) is 1. The molecule has 4 atom stereocenters. The van der Waals surface area contributed by atoms with E-state index in [0.717, 1.165) is 0 Å². The summed E-state index contributed by atoms with van der Waals surface area (Å²) in [7, 11) is 0. The van der Waals surface area contributed by atoms with Gasteiger partial charge in [-0.3, -0.25) is 24.0 Å². The van der Waals surface area contributed by atoms with Crippen molar-refractivity contribution >= 4 is 35.5 Å². The standard InChI is InChI=1S/C22H37N9O7/c23-8-2-1-3-13(24)19(34)29-14(4-6-17(25)32)20(35)30-15(5-7-18(26)33)21(36)31-16(22(37)38)9-12-10-27-11-28-12/h10-11,13-16H,1-9,23-24H2,(H2,25,32)(H2,26,33)(H,27,28)(H,29,34)(H,30,35)(H,31,36)(H,37,38). The van der Waals surface area contributed by atoms with E-state index in [9.17, 15) is 33.9 Å². The number of H-pyrrole nitrogens is 1. The SMILES string of the molecule is NCCCCC(N)C(=O)NC(CCC(N)=O)C(=O)NC(CCC(N)=O)C(=O)NC(Cc1cnc[nH]1)C(=O)O. The van der Waals surface area contributed by atoms with Gasteiger partial charge in [0.1, 0.15) is 18.1 Å². The summed E-state index contributed by atoms with van der Waals surface area (Å²) >= 11 is 0. The van der Waals surface area contributed by atoms with Crippen molar-refractivity contribution < 1.29 is 33.9 Å². The fourth-order valence-electron chi connectivity index (χ4n) is 3.39. The molecule has 0 saturated heterocycles. The lowest BCUT2D eigenvalue weighted by molar-refractivity contribution is -0.142. The lowest BCUT2D eigenvalue weighted by Crippen LogP contribution is -2.57. The van der Waals surface area contributed by atoms with Crippen LogP contribution in [0.25, 0.3) is 0 Å². The van der Waals surface area contributed by atoms with Crippen LogP contribution >= 0.6 is 0 Å². The van der Waals surface area contributed by atoms with Gasteiger partial charge in [0.15, 0.2) is 0 Å². The summed E-state index contributed by atoms with van der Waals surface area (Å²) in [4.78, 5) is 79.4. The van der Waals surface area contributed by atoms with Crippen molar-refractivity contribution in [3.63, 3.8) is 0 Å². The number of aromatic nitrogens is 2. The molecule has 1 aromatic heterocycles. The second-order valence-electron chi connectivity index (χ2n) is 8.70. The van der Waals surface area contributed by atoms with E-state index in [2.05, 4.69) is 25.9 Å². The molecule has 38 heavy (non-hydrogen) atoms. The molecule has 0 fully saturated rings. The maximum Gasteiger partial charge on any atom is 0.326 e. The fourth-order valence-corrected chi connectivity index (χ4v) is 3.39. The molecule has 0 aromatic carbocycles. The van der Waals surface area contributed by atoms with E-state index in [1.165, 1.54) is 12.5 Å². The van der Waals surface area contributed by atoms with Crippen LogP contribution in [0, 0.1) is 0 Å². The van der Waals surface area contributed by atoms with Gasteiger partial charge >= 0.3 is 5.97 Å². The quantitative estimate of drug-likeness (QED) is 0.0780. The molecule has 0 aliphatic carbocycles. The van der Waals surface area contributed by atoms with Crippen LogP contribution in [-0.2, 0) is 35.2 Å². The Labute approximate surface area is 219 Å². The predicted molar refractivity (Wildman–Crippen MR) is 133 cm³/mol. The van der Waals surface area contributed by atoms with Crippen molar-refractivity contribution in [2.75, 3.05) is 6.54 Å². The van der Waals surface area contributed by atoms with Crippen LogP contribution < -0.4 is 38.9 Å². The molecule has 0 bridgehead atoms. The number of rotatable bonds is 19. The zero-order valence-corrected chi connectivity index (χ0v) is 21.0. The minimum absolute atomic E-state index is 0.128. The number of carboxylic acids is 1. The number of carbonyl (C=O) groups excluding carboxylic acids is 5. The average Bonchev–Trinajstić information content (AvgIpc) is 3.36. The summed E-state index contributed by atoms with van der Waals surface area (Å²) in [5.41, 5.74) is 22.1. The number of hydrogen-bond donors (Lipinski definition) is 9. The van der Waals surface area contributed by atoms with Gasteiger partial charge in [-0.2, -0.15) is 0 Å². The maximum absolute atomic E-state index is 13.0. The number of nitrogens with zero attached hydrogens (tertiary/aromatic N) is 1. The first-order valence-corrected chi connectivity index (χ1v) is 12.1. The number of primary amides is 2. The first-order chi connectivity index (χ1) is 17.9. The molecule has 16 heteroatoms. The normalized spacial score (nSPS) is 13.9. The summed E-state index contributed by atoms with van der Waals surface area (Å²) in [5, 5.41) is 16.7. The summed E-state index contributed by atoms with van der Waals surface area (Å²) in [6.45, 7) is 0.428. The zero-order chi connectivity index (χ0) is 28.7. The third-order valence-corrected chi connectivity index (χ3v) is 5.52. The van der Waals surface area contributed by atoms with Crippen LogP contribution in [0.2, 0.25) is 0 Å². The minimum atomic E-state index is -1.38. The number of nitrogens with one attached hydrogen (secondary N) is 4. The number of aromatic amines is 1. The van der Waals surface area contributed by atoms with Gasteiger partial charge in [0.25, 0.3) is 0 Å². The number of amides is 5. The summed E-state index contributed by atoms with van der Waals surface area (Å²) in [6.07, 6.45) is 3.15. The van der Waals surface area contributed by atoms with Crippen molar-refractivity contribution in [1.82, 2.24) is 25.9 Å². The highest BCUT2D eigenvalue weighted by atomic mass is 16.4. The molecule has 0 radical (unpaired) electrons. The number of unbranched alkanes of at least 4 members (excludes halogenated alkanes) is 1. The number of hydrogen-bond acceptors (Lipinski definition) is 9. The molecule has 4 unspecified atom stereocenters. The van der Waals surface area contributed by atoms with E-state index < -0.39 is 59.7 Å². The van der Waals surface area contributed by atoms with Crippen molar-refractivity contribution in [2.24, 2.45) is 22.9 Å². The third kappa shape index (κ3) is 12.3. The maximum atomic E-state index is 13.0. The van der Waals surface area contributed by atoms with Crippen LogP contribution in [0.3, 0.4) is 0 Å². The smallest absolute Gasteiger partial charge is 0.326 e. The highest BCUT2D eigenvalue weighted by molar-refractivity contribution is 5.94. The summed E-state index contributed by atoms with van der Waals surface area (Å²) in [6, 6.07) is -5.00. The molecular formula is C22H37N9O7. The van der Waals surface area contributed by atoms with Crippen molar-refractivity contribution in [2.45, 2.75) is 75.5 Å². The topological polar surface area (TPSA) is 292 Å². The molecule has 16 nitrogen and oxygen atoms in total. The Bertz CT molecular complexity index is 955. The van der Waals surface area contributed by atoms with E-state index in [1.807, 2.05) is 0 Å². The summed E-state index contributed by atoms with van der Waals surface area (Å²) < 4.78 is 0. The largest absolute Gasteiger partial charge is 0.480 e. The lowest BCUT2D eigenvalue weighted by Gasteiger charge is -2.25. The van der Waals surface area contributed by atoms with Crippen LogP contribution in [0.4, 0.5) is 0 Å². The Morgan fingerprint density at radius 2 is 1.37 bits per heavy atom. The first kappa shape index (κ1) is 32.0. The summed E-state index contributed by atoms with van der Waals surface area (Å²) in [5.74, 6) is -5.25. The number of nitrogens with two attached hydrogens (primary N) is 4. The molecule has 0 aliphatic rings. The van der Waals surface area contributed by atoms with Crippen molar-refractivity contribution in [3.05, 3.63) is 18.2 Å². The van der Waals surface area contributed by atoms with E-state index in [-0.39, 0.29) is 32.1 Å². The number of carbonyl (C=O) groups is 6. The van der Waals surface area contributed by atoms with Gasteiger partial charge in [-0.05, 0) is 32.2 Å².